The SMILES string of the molecule is CC[C@H](C)[C@@H](NC(=O)[C@H](NC(=O)[C@H](NC(=O)C(C)(C)NC(=O)CNC(=O)[C@H](NC(=O)OC(C)(C)C)C(C)C)C(C)C)C(C)C)C(=O)NC(C)(C)C(=O)N[C@@H](C(=O)N[C@@H](C(=O)NC(C)(C)C(=O)NCCCCCCCCCCC(=O)N[C@H](C(=O)N[C@@H](Cc1ccccc1)[C@H](O)CN(Cc1ccccc1)C(=O)N[C@@H](CC(C)C)C(=O)N[C@H](C(N)=O)C(C)C)C(C)C)C(C)C)[C@@H](C)O. The van der Waals surface area contributed by atoms with E-state index in [1.54, 1.807) is 118 Å². The molecule has 0 saturated heterocycles. The number of carbonyl (C=O) groups is 16. The van der Waals surface area contributed by atoms with Gasteiger partial charge in [-0.05, 0) is 153 Å². The van der Waals surface area contributed by atoms with Crippen LogP contribution in [-0.4, -0.2) is 224 Å². The van der Waals surface area contributed by atoms with Crippen LogP contribution in [0.2, 0.25) is 0 Å². The van der Waals surface area contributed by atoms with Crippen LogP contribution in [0.25, 0.3) is 0 Å². The van der Waals surface area contributed by atoms with Crippen molar-refractivity contribution >= 4 is 94.8 Å². The number of carbonyl (C=O) groups excluding carboxylic acids is 16. The molecule has 130 heavy (non-hydrogen) atoms. The Bertz CT molecular complexity index is 4020. The number of hydrogen-bond donors (Lipinski definition) is 18. The van der Waals surface area contributed by atoms with Crippen molar-refractivity contribution in [2.45, 2.75) is 358 Å². The zero-order valence-electron chi connectivity index (χ0n) is 82.0. The van der Waals surface area contributed by atoms with E-state index in [2.05, 4.69) is 79.8 Å². The molecule has 2 aromatic carbocycles. The van der Waals surface area contributed by atoms with Crippen molar-refractivity contribution in [3.05, 3.63) is 71.8 Å². The van der Waals surface area contributed by atoms with Gasteiger partial charge in [-0.15, -0.1) is 0 Å². The third kappa shape index (κ3) is 41.3. The fourth-order valence-corrected chi connectivity index (χ4v) is 13.9. The summed E-state index contributed by atoms with van der Waals surface area (Å²) in [5.74, 6) is -13.3. The third-order valence-corrected chi connectivity index (χ3v) is 22.1. The average Bonchev–Trinajstić information content (AvgIpc) is 0.812. The van der Waals surface area contributed by atoms with E-state index < -0.39 is 220 Å². The van der Waals surface area contributed by atoms with Crippen molar-refractivity contribution in [1.29, 1.82) is 0 Å². The zero-order chi connectivity index (χ0) is 99.2. The Labute approximate surface area is 770 Å². The van der Waals surface area contributed by atoms with Gasteiger partial charge < -0.3 is 105 Å². The highest BCUT2D eigenvalue weighted by atomic mass is 16.6. The van der Waals surface area contributed by atoms with Crippen molar-refractivity contribution in [3.8, 4) is 0 Å². The van der Waals surface area contributed by atoms with Crippen molar-refractivity contribution < 1.29 is 91.7 Å². The van der Waals surface area contributed by atoms with Crippen molar-refractivity contribution in [2.24, 2.45) is 53.1 Å². The van der Waals surface area contributed by atoms with Crippen molar-refractivity contribution in [2.75, 3.05) is 19.6 Å². The van der Waals surface area contributed by atoms with E-state index in [1.165, 1.54) is 53.4 Å². The third-order valence-electron chi connectivity index (χ3n) is 22.1. The Morgan fingerprint density at radius 1 is 0.400 bits per heavy atom. The minimum absolute atomic E-state index is 0.0291. The van der Waals surface area contributed by atoms with E-state index in [9.17, 15) is 86.9 Å². The molecule has 0 radical (unpaired) electrons. The molecule has 734 valence electrons. The summed E-state index contributed by atoms with van der Waals surface area (Å²) in [7, 11) is 0. The fourth-order valence-electron chi connectivity index (χ4n) is 13.9. The van der Waals surface area contributed by atoms with Gasteiger partial charge in [0.2, 0.25) is 82.7 Å². The lowest BCUT2D eigenvalue weighted by Gasteiger charge is -2.34. The number of urea groups is 1. The highest BCUT2D eigenvalue weighted by molar-refractivity contribution is 6.01. The number of rotatable bonds is 56. The Hall–Kier alpha value is -10.5. The summed E-state index contributed by atoms with van der Waals surface area (Å²) in [5.41, 5.74) is 1.36. The molecule has 17 amide bonds. The van der Waals surface area contributed by atoms with Gasteiger partial charge >= 0.3 is 12.1 Å². The molecule has 2 aromatic rings. The number of nitrogens with zero attached hydrogens (tertiary/aromatic N) is 1. The summed E-state index contributed by atoms with van der Waals surface area (Å²) >= 11 is 0. The van der Waals surface area contributed by atoms with Gasteiger partial charge in [0.1, 0.15) is 76.6 Å². The number of alkyl carbamates (subject to hydrolysis) is 1. The molecule has 36 nitrogen and oxygen atoms in total. The number of benzene rings is 2. The molecule has 13 atom stereocenters. The van der Waals surface area contributed by atoms with Crippen molar-refractivity contribution in [1.82, 2.24) is 84.7 Å². The molecule has 0 aliphatic carbocycles. The number of amides is 17. The Balaban J connectivity index is 2.02. The van der Waals surface area contributed by atoms with Crippen molar-refractivity contribution in [3.63, 3.8) is 0 Å². The van der Waals surface area contributed by atoms with E-state index in [1.807, 2.05) is 74.5 Å². The van der Waals surface area contributed by atoms with Crippen LogP contribution in [-0.2, 0) is 84.8 Å². The maximum Gasteiger partial charge on any atom is 0.408 e. The minimum Gasteiger partial charge on any atom is -0.444 e. The van der Waals surface area contributed by atoms with Crippen LogP contribution in [0, 0.1) is 47.3 Å². The molecule has 0 unspecified atom stereocenters. The van der Waals surface area contributed by atoms with Crippen LogP contribution in [0.3, 0.4) is 0 Å². The number of hydrogen-bond acceptors (Lipinski definition) is 19. The molecule has 0 bridgehead atoms. The first-order valence-corrected chi connectivity index (χ1v) is 46.0. The second kappa shape index (κ2) is 55.0. The summed E-state index contributed by atoms with van der Waals surface area (Å²) in [5, 5.41) is 63.6. The predicted molar refractivity (Wildman–Crippen MR) is 497 cm³/mol. The highest BCUT2D eigenvalue weighted by Gasteiger charge is 2.43. The van der Waals surface area contributed by atoms with Gasteiger partial charge in [0.25, 0.3) is 0 Å². The molecule has 2 rings (SSSR count). The lowest BCUT2D eigenvalue weighted by atomic mass is 9.94. The number of nitrogens with two attached hydrogens (primary N) is 1. The van der Waals surface area contributed by atoms with Gasteiger partial charge in [-0.3, -0.25) is 67.1 Å². The number of primary amides is 1. The molecule has 0 saturated carbocycles. The monoisotopic (exact) mass is 1830 g/mol. The normalized spacial score (nSPS) is 14.9. The number of unbranched alkanes of at least 4 members (excludes halogenated alkanes) is 7. The molecule has 0 aromatic heterocycles. The molecule has 36 heteroatoms. The van der Waals surface area contributed by atoms with E-state index in [0.717, 1.165) is 49.7 Å². The largest absolute Gasteiger partial charge is 0.444 e. The van der Waals surface area contributed by atoms with Crippen LogP contribution in [0.5, 0.6) is 0 Å². The first-order valence-electron chi connectivity index (χ1n) is 46.0. The summed E-state index contributed by atoms with van der Waals surface area (Å²) in [6.07, 6.45) is 3.42. The van der Waals surface area contributed by atoms with E-state index >= 15 is 0 Å². The van der Waals surface area contributed by atoms with Crippen LogP contribution in [0.4, 0.5) is 9.59 Å². The summed E-state index contributed by atoms with van der Waals surface area (Å²) in [6, 6.07) is 5.81. The number of ether oxygens (including phenoxy) is 1. The Kier molecular flexibility index (Phi) is 48.9. The fraction of sp³-hybridized carbons (Fsp3) is 0.702. The first-order chi connectivity index (χ1) is 60.3. The molecule has 0 fully saturated rings. The standard InChI is InChI=1S/C94H159N17O19/c1-27-60(16)75(104-81(120)72(57(10)11)102-82(121)73(58(12)13)105-87(126)93(23,24)108-68(115)50-97-79(118)70(55(6)7)107-90(129)130-91(18,19)20)85(124)110-94(25,26)88(127)106-76(61(17)112)83(122)103-74(59(14)15)84(123)109-92(21,22)86(125)96-47-41-33-31-29-28-30-32-40-46-67(114)100-71(56(8)9)80(119)98-64(49-62-42-36-34-37-43-62)66(113)52-111(51-63-44-38-35-39-45-63)89(128)99-65(48-53(2)3)78(117)101-69(54(4)5)77(95)116/h34-39,42-45,53-61,64-66,69-76,112-113H,27-33,40-41,46-52H2,1-26H3,(H2,95,116)(H,96,125)(H,97,118)(H,98,119)(H,99,128)(H,100,114)(H,101,117)(H,102,121)(H,103,122)(H,104,120)(H,105,126)(H,106,127)(H,107,129)(H,108,115)(H,109,123)(H,110,124)/t60-,61+,64-,65-,66+,69-,70+,71-,72+,73+,74+,75+,76+/m0/s1. The Morgan fingerprint density at radius 3 is 1.27 bits per heavy atom. The molecule has 0 aliphatic heterocycles. The lowest BCUT2D eigenvalue weighted by Crippen LogP contribution is -2.66. The van der Waals surface area contributed by atoms with Gasteiger partial charge in [-0.2, -0.15) is 0 Å². The molecular weight excluding hydrogens is 1670 g/mol. The maximum atomic E-state index is 14.4. The van der Waals surface area contributed by atoms with Crippen LogP contribution in [0.15, 0.2) is 60.7 Å². The quantitative estimate of drug-likeness (QED) is 0.0375. The zero-order valence-corrected chi connectivity index (χ0v) is 82.0. The highest BCUT2D eigenvalue weighted by Crippen LogP contribution is 2.21. The molecule has 19 N–H and O–H groups in total. The van der Waals surface area contributed by atoms with E-state index in [0.29, 0.717) is 25.8 Å². The maximum absolute atomic E-state index is 14.4. The van der Waals surface area contributed by atoms with E-state index in [4.69, 9.17) is 10.5 Å². The van der Waals surface area contributed by atoms with Gasteiger partial charge in [-0.1, -0.05) is 216 Å². The molecule has 0 aliphatic rings. The number of nitrogens with one attached hydrogen (secondary N) is 15. The van der Waals surface area contributed by atoms with E-state index in [-0.39, 0.29) is 56.0 Å². The summed E-state index contributed by atoms with van der Waals surface area (Å²) in [6.45, 7) is 41.8. The van der Waals surface area contributed by atoms with Crippen LogP contribution >= 0.6 is 0 Å². The summed E-state index contributed by atoms with van der Waals surface area (Å²) in [4.78, 5) is 221. The molecule has 0 spiro atoms. The molecular formula is C94H159N17O19. The van der Waals surface area contributed by atoms with Gasteiger partial charge in [0, 0.05) is 19.5 Å². The van der Waals surface area contributed by atoms with Gasteiger partial charge in [-0.25, -0.2) is 9.59 Å². The first kappa shape index (κ1) is 116. The number of aliphatic hydroxyl groups is 2. The Morgan fingerprint density at radius 2 is 0.800 bits per heavy atom. The smallest absolute Gasteiger partial charge is 0.408 e. The second-order valence-corrected chi connectivity index (χ2v) is 39.3. The topological polar surface area (TPSA) is 533 Å². The molecule has 0 heterocycles. The lowest BCUT2D eigenvalue weighted by molar-refractivity contribution is -0.140. The average molecular weight is 1830 g/mol. The van der Waals surface area contributed by atoms with Crippen LogP contribution < -0.4 is 85.5 Å². The summed E-state index contributed by atoms with van der Waals surface area (Å²) < 4.78 is 5.27. The minimum atomic E-state index is -1.83. The predicted octanol–water partition coefficient (Wildman–Crippen LogP) is 5.26. The second-order valence-electron chi connectivity index (χ2n) is 39.3. The van der Waals surface area contributed by atoms with Gasteiger partial charge in [0.15, 0.2) is 0 Å². The van der Waals surface area contributed by atoms with Crippen LogP contribution in [0.1, 0.15) is 262 Å². The van der Waals surface area contributed by atoms with Gasteiger partial charge in [0.05, 0.1) is 31.3 Å². The number of aliphatic hydroxyl groups excluding tert-OH is 2.